The van der Waals surface area contributed by atoms with Crippen LogP contribution >= 0.6 is 11.8 Å². The van der Waals surface area contributed by atoms with Crippen molar-refractivity contribution >= 4 is 17.7 Å². The van der Waals surface area contributed by atoms with E-state index in [1.807, 2.05) is 25.1 Å². The normalized spacial score (nSPS) is 23.4. The van der Waals surface area contributed by atoms with Gasteiger partial charge in [-0.25, -0.2) is 0 Å². The summed E-state index contributed by atoms with van der Waals surface area (Å²) in [6.45, 7) is 5.34. The van der Waals surface area contributed by atoms with Crippen molar-refractivity contribution in [2.45, 2.75) is 31.3 Å². The summed E-state index contributed by atoms with van der Waals surface area (Å²) in [5.74, 6) is 0.874. The summed E-state index contributed by atoms with van der Waals surface area (Å²) >= 11 is 1.58. The molecule has 104 valence electrons. The van der Waals surface area contributed by atoms with E-state index in [1.54, 1.807) is 16.7 Å². The summed E-state index contributed by atoms with van der Waals surface area (Å²) in [6.07, 6.45) is 0.517. The fraction of sp³-hybridized carbons (Fsp3) is 0.533. The third-order valence-electron chi connectivity index (χ3n) is 3.72. The van der Waals surface area contributed by atoms with Gasteiger partial charge in [-0.1, -0.05) is 25.1 Å². The molecule has 0 bridgehead atoms. The Balaban J connectivity index is 1.87. The number of aliphatic hydroxyl groups excluding tert-OH is 1. The van der Waals surface area contributed by atoms with Crippen molar-refractivity contribution in [2.75, 3.05) is 18.8 Å². The maximum Gasteiger partial charge on any atom is 0.233 e. The van der Waals surface area contributed by atoms with Gasteiger partial charge in [0.2, 0.25) is 5.91 Å². The molecule has 2 unspecified atom stereocenters. The Hall–Kier alpha value is -1.00. The van der Waals surface area contributed by atoms with E-state index in [4.69, 9.17) is 0 Å². The van der Waals surface area contributed by atoms with Gasteiger partial charge in [0.1, 0.15) is 0 Å². The summed E-state index contributed by atoms with van der Waals surface area (Å²) in [5, 5.41) is 9.83. The lowest BCUT2D eigenvalue weighted by Crippen LogP contribution is -2.46. The highest BCUT2D eigenvalue weighted by Crippen LogP contribution is 2.23. The number of thioether (sulfide) groups is 1. The van der Waals surface area contributed by atoms with Crippen molar-refractivity contribution in [1.29, 1.82) is 0 Å². The lowest BCUT2D eigenvalue weighted by Gasteiger charge is -2.34. The number of carbonyl (C=O) groups is 1. The molecule has 19 heavy (non-hydrogen) atoms. The Morgan fingerprint density at radius 3 is 2.89 bits per heavy atom. The largest absolute Gasteiger partial charge is 0.391 e. The second-order valence-corrected chi connectivity index (χ2v) is 6.24. The van der Waals surface area contributed by atoms with E-state index in [2.05, 4.69) is 13.0 Å². The van der Waals surface area contributed by atoms with Crippen LogP contribution in [-0.2, 0) is 4.79 Å². The van der Waals surface area contributed by atoms with Gasteiger partial charge in [0.15, 0.2) is 0 Å². The van der Waals surface area contributed by atoms with E-state index in [1.165, 1.54) is 5.56 Å². The van der Waals surface area contributed by atoms with Crippen LogP contribution in [0.4, 0.5) is 0 Å². The molecule has 1 aromatic rings. The molecular weight excluding hydrogens is 258 g/mol. The molecule has 1 N–H and O–H groups in total. The zero-order valence-corrected chi connectivity index (χ0v) is 12.3. The number of amides is 1. The number of piperidine rings is 1. The molecule has 0 spiro atoms. The van der Waals surface area contributed by atoms with Crippen LogP contribution in [0.15, 0.2) is 29.2 Å². The van der Waals surface area contributed by atoms with E-state index in [-0.39, 0.29) is 12.0 Å². The minimum Gasteiger partial charge on any atom is -0.391 e. The average molecular weight is 279 g/mol. The van der Waals surface area contributed by atoms with Gasteiger partial charge in [0.05, 0.1) is 11.9 Å². The Kier molecular flexibility index (Phi) is 4.88. The lowest BCUT2D eigenvalue weighted by molar-refractivity contribution is -0.132. The molecule has 1 heterocycles. The highest BCUT2D eigenvalue weighted by molar-refractivity contribution is 8.00. The van der Waals surface area contributed by atoms with Gasteiger partial charge < -0.3 is 10.0 Å². The number of nitrogens with zero attached hydrogens (tertiary/aromatic N) is 1. The highest BCUT2D eigenvalue weighted by atomic mass is 32.2. The van der Waals surface area contributed by atoms with Crippen molar-refractivity contribution in [3.8, 4) is 0 Å². The molecule has 0 aromatic heterocycles. The summed E-state index contributed by atoms with van der Waals surface area (Å²) in [6, 6.07) is 8.09. The summed E-state index contributed by atoms with van der Waals surface area (Å²) in [4.78, 5) is 15.1. The van der Waals surface area contributed by atoms with Crippen molar-refractivity contribution in [2.24, 2.45) is 5.92 Å². The molecule has 4 heteroatoms. The lowest BCUT2D eigenvalue weighted by atomic mass is 9.96. The first-order valence-electron chi connectivity index (χ1n) is 6.72. The minimum atomic E-state index is -0.374. The average Bonchev–Trinajstić information content (AvgIpc) is 2.40. The number of hydrogen-bond acceptors (Lipinski definition) is 3. The van der Waals surface area contributed by atoms with Crippen molar-refractivity contribution < 1.29 is 9.90 Å². The third-order valence-corrected chi connectivity index (χ3v) is 4.88. The molecule has 2 rings (SSSR count). The molecule has 0 saturated carbocycles. The molecule has 1 aliphatic heterocycles. The van der Waals surface area contributed by atoms with Gasteiger partial charge in [-0.2, -0.15) is 0 Å². The topological polar surface area (TPSA) is 40.5 Å². The fourth-order valence-corrected chi connectivity index (χ4v) is 3.16. The Labute approximate surface area is 119 Å². The van der Waals surface area contributed by atoms with E-state index in [9.17, 15) is 9.90 Å². The molecule has 2 atom stereocenters. The number of hydrogen-bond donors (Lipinski definition) is 1. The zero-order chi connectivity index (χ0) is 13.8. The van der Waals surface area contributed by atoms with Crippen LogP contribution in [-0.4, -0.2) is 40.9 Å². The van der Waals surface area contributed by atoms with Crippen molar-refractivity contribution in [1.82, 2.24) is 4.90 Å². The zero-order valence-electron chi connectivity index (χ0n) is 11.5. The predicted molar refractivity (Wildman–Crippen MR) is 78.3 cm³/mol. The monoisotopic (exact) mass is 279 g/mol. The van der Waals surface area contributed by atoms with Gasteiger partial charge in [0.25, 0.3) is 0 Å². The van der Waals surface area contributed by atoms with Crippen molar-refractivity contribution in [3.63, 3.8) is 0 Å². The van der Waals surface area contributed by atoms with Crippen molar-refractivity contribution in [3.05, 3.63) is 29.8 Å². The first kappa shape index (κ1) is 14.4. The minimum absolute atomic E-state index is 0.124. The Bertz CT molecular complexity index is 450. The SMILES string of the molecule is Cc1ccccc1SCC(=O)N1CCC(C)C(O)C1. The number of benzene rings is 1. The predicted octanol–water partition coefficient (Wildman–Crippen LogP) is 2.32. The van der Waals surface area contributed by atoms with E-state index in [0.29, 0.717) is 18.2 Å². The Morgan fingerprint density at radius 2 is 2.21 bits per heavy atom. The van der Waals surface area contributed by atoms with Gasteiger partial charge in [-0.05, 0) is 30.9 Å². The smallest absolute Gasteiger partial charge is 0.233 e. The molecule has 1 aliphatic rings. The molecule has 1 fully saturated rings. The van der Waals surface area contributed by atoms with Crippen LogP contribution in [0.25, 0.3) is 0 Å². The van der Waals surface area contributed by atoms with Crippen LogP contribution < -0.4 is 0 Å². The standard InChI is InChI=1S/C15H21NO2S/c1-11-7-8-16(9-13(11)17)15(18)10-19-14-6-4-3-5-12(14)2/h3-6,11,13,17H,7-10H2,1-2H3. The molecule has 1 amide bonds. The number of aryl methyl sites for hydroxylation is 1. The summed E-state index contributed by atoms with van der Waals surface area (Å²) in [7, 11) is 0. The number of rotatable bonds is 3. The molecule has 3 nitrogen and oxygen atoms in total. The fourth-order valence-electron chi connectivity index (χ4n) is 2.22. The maximum absolute atomic E-state index is 12.1. The summed E-state index contributed by atoms with van der Waals surface area (Å²) < 4.78 is 0. The second kappa shape index (κ2) is 6.44. The van der Waals surface area contributed by atoms with E-state index >= 15 is 0 Å². The van der Waals surface area contributed by atoms with Crippen LogP contribution in [0.3, 0.4) is 0 Å². The van der Waals surface area contributed by atoms with E-state index in [0.717, 1.165) is 17.9 Å². The van der Waals surface area contributed by atoms with Gasteiger partial charge in [-0.3, -0.25) is 4.79 Å². The highest BCUT2D eigenvalue weighted by Gasteiger charge is 2.27. The van der Waals surface area contributed by atoms with Crippen LogP contribution in [0.2, 0.25) is 0 Å². The van der Waals surface area contributed by atoms with Crippen LogP contribution in [0.5, 0.6) is 0 Å². The van der Waals surface area contributed by atoms with Crippen LogP contribution in [0.1, 0.15) is 18.9 Å². The second-order valence-electron chi connectivity index (χ2n) is 5.23. The quantitative estimate of drug-likeness (QED) is 0.863. The van der Waals surface area contributed by atoms with E-state index < -0.39 is 0 Å². The summed E-state index contributed by atoms with van der Waals surface area (Å²) in [5.41, 5.74) is 1.20. The molecule has 1 saturated heterocycles. The number of carbonyl (C=O) groups excluding carboxylic acids is 1. The molecule has 1 aromatic carbocycles. The molecule has 0 aliphatic carbocycles. The number of likely N-dealkylation sites (tertiary alicyclic amines) is 1. The van der Waals surface area contributed by atoms with Gasteiger partial charge >= 0.3 is 0 Å². The molecule has 0 radical (unpaired) electrons. The Morgan fingerprint density at radius 1 is 1.47 bits per heavy atom. The first-order valence-corrected chi connectivity index (χ1v) is 7.70. The first-order chi connectivity index (χ1) is 9.08. The van der Waals surface area contributed by atoms with Gasteiger partial charge in [0, 0.05) is 18.0 Å². The number of β-amino-alcohol motifs (C(OH)–C–C–N with tert-alkyl or cyclic N) is 1. The third kappa shape index (κ3) is 3.74. The van der Waals surface area contributed by atoms with Crippen LogP contribution in [0, 0.1) is 12.8 Å². The van der Waals surface area contributed by atoms with Gasteiger partial charge in [-0.15, -0.1) is 11.8 Å². The number of aliphatic hydroxyl groups is 1. The molecular formula is C15H21NO2S. The maximum atomic E-state index is 12.1.